The van der Waals surface area contributed by atoms with Crippen LogP contribution < -0.4 is 26.6 Å². The summed E-state index contributed by atoms with van der Waals surface area (Å²) in [4.78, 5) is 65.3. The second kappa shape index (κ2) is 49.5. The Hall–Kier alpha value is -4.69. The van der Waals surface area contributed by atoms with Gasteiger partial charge in [-0.2, -0.15) is 0 Å². The van der Waals surface area contributed by atoms with Crippen molar-refractivity contribution in [1.29, 1.82) is 0 Å². The molecule has 5 amide bonds. The fraction of sp³-hybridized carbons (Fsp3) is 0.934. The molecule has 0 unspecified atom stereocenters. The predicted octanol–water partition coefficient (Wildman–Crippen LogP) is -24.3. The minimum atomic E-state index is -2.71. The minimum Gasteiger partial charge on any atom is -0.394 e. The molecule has 61 nitrogen and oxygen atoms in total. The summed E-state index contributed by atoms with van der Waals surface area (Å²) in [5.41, 5.74) is 0. The number of hydrogen-bond acceptors (Lipinski definition) is 56. The van der Waals surface area contributed by atoms with Crippen LogP contribution in [0.1, 0.15) is 34.6 Å². The van der Waals surface area contributed by atoms with Gasteiger partial charge in [-0.25, -0.2) is 0 Å². The summed E-state index contributed by atoms with van der Waals surface area (Å²) in [5.74, 6) is -4.89. The van der Waals surface area contributed by atoms with Crippen molar-refractivity contribution in [3.8, 4) is 0 Å². The van der Waals surface area contributed by atoms with Gasteiger partial charge < -0.3 is 279 Å². The van der Waals surface area contributed by atoms with E-state index in [-0.39, 0.29) is 0 Å². The van der Waals surface area contributed by atoms with Gasteiger partial charge in [0, 0.05) is 34.6 Å². The normalized spacial score (nSPS) is 48.9. The maximum absolute atomic E-state index is 13.4. The standard InChI is InChI=1S/C76H127N5O56/c1-17(92)77-33-44(103)57(27(11-87)118-66(33)116)129-67-34(78-18(2)93)46(105)60(30(14-90)124-67)133-74-56(115)63(135-76-64(51(110)41(100)25(9-85)123-76)136-70-37(81-21(5)96)62(42(101)26(10-86)119-70)134-73-54(113)50(109)40(99)24(8-84)122-73)43(102)32(128-74)16-117-75-65(137-69-36(80-20(4)95)47(106)59(29(13-89)126-69)132-72-53(112)49(108)39(98)23(7-83)121-72)55(114)61(31(15-91)127-75)130-68-35(79-19(3)94)45(104)58(28(12-88)125-68)131-71-52(111)48(107)38(97)22(6-82)120-71/h22-76,82-91,97-116H,6-16H2,1-5H3,(H,77,92)(H,78,93)(H,79,94)(H,80,95)(H,81,96)/t22-,23-,24-,25-,26-,27-,28-,29-,30-,31-,32-,33-,34-,35-,36-,37-,38+,39+,40+,41-,42-,43-,44-,45-,46-,47-,48+,49+,50+,51+,52-,53+,54-,55+,56+,57-,58-,59-,60-,61-,62-,63+,64+,65+,66-,67+,68+,69+,70+,71+,72+,73+,74+,75+,76-/m1/s1. The molecule has 0 aromatic carbocycles. The van der Waals surface area contributed by atoms with Gasteiger partial charge in [-0.3, -0.25) is 24.0 Å². The average Bonchev–Trinajstić information content (AvgIpc) is 0.760. The molecule has 0 saturated carbocycles. The van der Waals surface area contributed by atoms with E-state index >= 15 is 0 Å². The molecule has 792 valence electrons. The highest BCUT2D eigenvalue weighted by Gasteiger charge is 2.63. The van der Waals surface area contributed by atoms with E-state index in [1.54, 1.807) is 0 Å². The Kier molecular flexibility index (Phi) is 40.7. The van der Waals surface area contributed by atoms with Crippen LogP contribution in [0.5, 0.6) is 0 Å². The summed E-state index contributed by atoms with van der Waals surface area (Å²) in [6.07, 6.45) is -109. The fourth-order valence-electron chi connectivity index (χ4n) is 17.8. The SMILES string of the molecule is CC(=O)N[C@@H]1[C@@H](O)[C@H](O[C@@H]2O[C@H](CO)[C@@H](O[C@@H]3O[C@H](CO[C@H]4O[C@H](CO)[C@@H](O[C@@H]5O[C@H](CO)[C@@H](O[C@@H]6O[C@H](CO)[C@H](O)[C@H](O)[C@H]6O)[C@H](O)[C@H]5NC(C)=O)[C@H](O)[C@@H]4O[C@@H]4O[C@H](CO)[C@@H](O[C@@H]5O[C@H](CO)[C@H](O)[C@H](O)[C@@H]5O)[C@H](O)[C@H]4NC(C)=O)[C@@H](O)[C@H](O[C@H]4O[C@H](CO)[C@@H](O)[C@H](O)[C@@H]4O[C@@H]4O[C@H](CO)[C@@H](O)[C@H](O[C@@H]5O[C@H](CO)[C@H](O)[C@H](O)[C@H]5O)[C@H]4NC(C)=O)[C@@H]3O)[C@H](O)[C@H]2NC(C)=O)[C@@H](CO)O[C@H]1O. The topological polar surface area (TPSA) is 946 Å². The number of carbonyl (C=O) groups excluding carboxylic acids is 5. The lowest BCUT2D eigenvalue weighted by atomic mass is 9.93. The van der Waals surface area contributed by atoms with Crippen molar-refractivity contribution < 1.29 is 277 Å². The van der Waals surface area contributed by atoms with Gasteiger partial charge in [-0.1, -0.05) is 0 Å². The fourth-order valence-corrected chi connectivity index (χ4v) is 17.8. The van der Waals surface area contributed by atoms with Crippen molar-refractivity contribution in [3.05, 3.63) is 0 Å². The Morgan fingerprint density at radius 2 is 0.416 bits per heavy atom. The molecule has 61 heteroatoms. The molecule has 137 heavy (non-hydrogen) atoms. The maximum atomic E-state index is 13.4. The predicted molar refractivity (Wildman–Crippen MR) is 420 cm³/mol. The number of ether oxygens (including phenoxy) is 21. The van der Waals surface area contributed by atoms with Crippen molar-refractivity contribution in [2.24, 2.45) is 0 Å². The molecule has 11 saturated heterocycles. The quantitative estimate of drug-likeness (QED) is 0.0277. The summed E-state index contributed by atoms with van der Waals surface area (Å²) >= 11 is 0. The summed E-state index contributed by atoms with van der Waals surface area (Å²) < 4.78 is 126. The Morgan fingerprint density at radius 1 is 0.190 bits per heavy atom. The first-order valence-corrected chi connectivity index (χ1v) is 43.7. The second-order valence-corrected chi connectivity index (χ2v) is 34.5. The molecular formula is C76H127N5O56. The summed E-state index contributed by atoms with van der Waals surface area (Å²) in [6, 6.07) is -9.87. The van der Waals surface area contributed by atoms with Crippen LogP contribution in [0.3, 0.4) is 0 Å². The van der Waals surface area contributed by atoms with Gasteiger partial charge in [-0.05, 0) is 0 Å². The molecule has 11 heterocycles. The first kappa shape index (κ1) is 113. The number of hydrogen-bond donors (Lipinski definition) is 35. The molecule has 0 aromatic rings. The van der Waals surface area contributed by atoms with Gasteiger partial charge in [0.05, 0.1) is 72.7 Å². The number of aliphatic hydroxyl groups is 30. The van der Waals surface area contributed by atoms with Crippen molar-refractivity contribution in [2.45, 2.75) is 372 Å². The Balaban J connectivity index is 0.983. The molecule has 11 rings (SSSR count). The van der Waals surface area contributed by atoms with Gasteiger partial charge in [0.1, 0.15) is 268 Å². The van der Waals surface area contributed by atoms with Crippen LogP contribution in [-0.4, -0.2) is 593 Å². The monoisotopic (exact) mass is 2010 g/mol. The molecule has 35 N–H and O–H groups in total. The lowest BCUT2D eigenvalue weighted by Crippen LogP contribution is -2.71. The minimum absolute atomic E-state index is 0.829. The third-order valence-electron chi connectivity index (χ3n) is 25.0. The van der Waals surface area contributed by atoms with Crippen molar-refractivity contribution in [2.75, 3.05) is 72.7 Å². The first-order valence-electron chi connectivity index (χ1n) is 43.7. The van der Waals surface area contributed by atoms with Gasteiger partial charge >= 0.3 is 0 Å². The van der Waals surface area contributed by atoms with E-state index in [9.17, 15) is 177 Å². The van der Waals surface area contributed by atoms with Crippen LogP contribution in [-0.2, 0) is 123 Å². The first-order chi connectivity index (χ1) is 64.9. The van der Waals surface area contributed by atoms with Crippen LogP contribution in [0.4, 0.5) is 0 Å². The highest BCUT2D eigenvalue weighted by atomic mass is 16.8. The number of carbonyl (C=O) groups is 5. The zero-order valence-corrected chi connectivity index (χ0v) is 73.6. The number of rotatable bonds is 36. The van der Waals surface area contributed by atoms with E-state index in [1.165, 1.54) is 0 Å². The van der Waals surface area contributed by atoms with Crippen LogP contribution in [0.25, 0.3) is 0 Å². The summed E-state index contributed by atoms with van der Waals surface area (Å²) in [6.45, 7) is -8.44. The third kappa shape index (κ3) is 25.0. The van der Waals surface area contributed by atoms with Gasteiger partial charge in [0.2, 0.25) is 29.5 Å². The molecule has 0 bridgehead atoms. The molecule has 0 radical (unpaired) electrons. The number of nitrogens with one attached hydrogen (secondary N) is 5. The zero-order valence-electron chi connectivity index (χ0n) is 73.6. The largest absolute Gasteiger partial charge is 0.394 e. The molecule has 11 aliphatic heterocycles. The summed E-state index contributed by atoms with van der Waals surface area (Å²) in [5, 5.41) is 350. The smallest absolute Gasteiger partial charge is 0.217 e. The summed E-state index contributed by atoms with van der Waals surface area (Å²) in [7, 11) is 0. The lowest BCUT2D eigenvalue weighted by molar-refractivity contribution is -0.401. The van der Waals surface area contributed by atoms with E-state index in [4.69, 9.17) is 99.5 Å². The van der Waals surface area contributed by atoms with Crippen LogP contribution in [0.15, 0.2) is 0 Å². The molecule has 0 spiro atoms. The van der Waals surface area contributed by atoms with Crippen molar-refractivity contribution in [3.63, 3.8) is 0 Å². The van der Waals surface area contributed by atoms with Gasteiger partial charge in [-0.15, -0.1) is 0 Å². The van der Waals surface area contributed by atoms with Gasteiger partial charge in [0.25, 0.3) is 0 Å². The number of amides is 5. The highest BCUT2D eigenvalue weighted by Crippen LogP contribution is 2.42. The van der Waals surface area contributed by atoms with Crippen molar-refractivity contribution >= 4 is 29.5 Å². The number of aliphatic hydroxyl groups excluding tert-OH is 30. The molecule has 11 fully saturated rings. The van der Waals surface area contributed by atoms with Crippen LogP contribution >= 0.6 is 0 Å². The maximum Gasteiger partial charge on any atom is 0.217 e. The average molecular weight is 2010 g/mol. The van der Waals surface area contributed by atoms with E-state index < -0.39 is 440 Å². The van der Waals surface area contributed by atoms with Crippen LogP contribution in [0.2, 0.25) is 0 Å². The second-order valence-electron chi connectivity index (χ2n) is 34.5. The van der Waals surface area contributed by atoms with Gasteiger partial charge in [0.15, 0.2) is 69.2 Å². The molecule has 0 aromatic heterocycles. The van der Waals surface area contributed by atoms with E-state index in [1.807, 2.05) is 0 Å². The van der Waals surface area contributed by atoms with Crippen molar-refractivity contribution in [1.82, 2.24) is 26.6 Å². The van der Waals surface area contributed by atoms with E-state index in [0.717, 1.165) is 34.6 Å². The highest BCUT2D eigenvalue weighted by molar-refractivity contribution is 5.75. The molecule has 0 aliphatic carbocycles. The molecule has 55 atom stereocenters. The third-order valence-corrected chi connectivity index (χ3v) is 25.0. The zero-order chi connectivity index (χ0) is 101. The Morgan fingerprint density at radius 3 is 0.774 bits per heavy atom. The van der Waals surface area contributed by atoms with E-state index in [2.05, 4.69) is 26.6 Å². The van der Waals surface area contributed by atoms with Crippen LogP contribution in [0, 0.1) is 0 Å². The van der Waals surface area contributed by atoms with E-state index in [0.29, 0.717) is 0 Å². The Bertz CT molecular complexity index is 3780. The lowest BCUT2D eigenvalue weighted by Gasteiger charge is -2.52. The molecule has 11 aliphatic rings. The Labute approximate surface area is 775 Å². The molecular weight excluding hydrogens is 1880 g/mol.